The molecule has 0 radical (unpaired) electrons. The quantitative estimate of drug-likeness (QED) is 0.224. The Morgan fingerprint density at radius 1 is 0.485 bits per heavy atom. The Hall–Kier alpha value is -3.20. The molecule has 33 heavy (non-hydrogen) atoms. The number of thiophene rings is 1. The summed E-state index contributed by atoms with van der Waals surface area (Å²) < 4.78 is 3.84. The first-order valence-electron chi connectivity index (χ1n) is 11.1. The van der Waals surface area contributed by atoms with Crippen molar-refractivity contribution < 1.29 is 0 Å². The van der Waals surface area contributed by atoms with Crippen LogP contribution in [0.2, 0.25) is 0 Å². The molecular weight excluding hydrogens is 484 g/mol. The van der Waals surface area contributed by atoms with Crippen LogP contribution in [0.4, 0.5) is 0 Å². The summed E-state index contributed by atoms with van der Waals surface area (Å²) in [5, 5.41) is 2.72. The van der Waals surface area contributed by atoms with Crippen LogP contribution in [0, 0.1) is 0 Å². The molecule has 6 aromatic rings. The van der Waals surface area contributed by atoms with Crippen LogP contribution in [0.3, 0.4) is 0 Å². The fraction of sp³-hybridized carbons (Fsp3) is 0.0323. The van der Waals surface area contributed by atoms with Gasteiger partial charge in [0, 0.05) is 24.6 Å². The zero-order chi connectivity index (χ0) is 22.2. The van der Waals surface area contributed by atoms with E-state index in [-0.39, 0.29) is 0 Å². The first kappa shape index (κ1) is 20.4. The maximum Gasteiger partial charge on any atom is 0.0358 e. The minimum absolute atomic E-state index is 0.951. The molecule has 2 heteroatoms. The lowest BCUT2D eigenvalue weighted by Gasteiger charge is -2.07. The molecule has 158 valence electrons. The topological polar surface area (TPSA) is 0 Å². The van der Waals surface area contributed by atoms with Gasteiger partial charge in [0.25, 0.3) is 0 Å². The van der Waals surface area contributed by atoms with Crippen molar-refractivity contribution >= 4 is 47.4 Å². The molecule has 0 unspecified atom stereocenters. The van der Waals surface area contributed by atoms with Crippen LogP contribution in [0.1, 0.15) is 11.1 Å². The third-order valence-electron chi connectivity index (χ3n) is 6.20. The van der Waals surface area contributed by atoms with Crippen LogP contribution in [0.25, 0.3) is 42.4 Å². The average molecular weight is 505 g/mol. The van der Waals surface area contributed by atoms with E-state index < -0.39 is 0 Å². The number of halogens is 1. The monoisotopic (exact) mass is 504 g/mol. The van der Waals surface area contributed by atoms with Gasteiger partial charge >= 0.3 is 0 Å². The van der Waals surface area contributed by atoms with Crippen molar-refractivity contribution in [2.75, 3.05) is 0 Å². The van der Waals surface area contributed by atoms with Crippen LogP contribution in [-0.4, -0.2) is 0 Å². The lowest BCUT2D eigenvalue weighted by atomic mass is 9.98. The molecule has 0 nitrogen and oxygen atoms in total. The van der Waals surface area contributed by atoms with Gasteiger partial charge in [-0.1, -0.05) is 107 Å². The normalized spacial score (nSPS) is 11.3. The Bertz CT molecular complexity index is 1560. The highest BCUT2D eigenvalue weighted by atomic mass is 79.9. The summed E-state index contributed by atoms with van der Waals surface area (Å²) in [4.78, 5) is 0. The Kier molecular flexibility index (Phi) is 5.33. The summed E-state index contributed by atoms with van der Waals surface area (Å²) in [6.45, 7) is 0. The molecule has 0 aliphatic heterocycles. The van der Waals surface area contributed by atoms with Crippen molar-refractivity contribution in [3.8, 4) is 22.3 Å². The van der Waals surface area contributed by atoms with E-state index in [1.54, 1.807) is 0 Å². The van der Waals surface area contributed by atoms with Crippen molar-refractivity contribution in [3.63, 3.8) is 0 Å². The molecule has 0 spiro atoms. The Morgan fingerprint density at radius 2 is 1.00 bits per heavy atom. The molecule has 0 aliphatic rings. The Morgan fingerprint density at radius 3 is 1.67 bits per heavy atom. The molecule has 0 saturated carbocycles. The van der Waals surface area contributed by atoms with E-state index in [0.29, 0.717) is 0 Å². The van der Waals surface area contributed by atoms with E-state index in [2.05, 4.69) is 131 Å². The van der Waals surface area contributed by atoms with Gasteiger partial charge in [-0.15, -0.1) is 11.3 Å². The number of benzene rings is 5. The standard InChI is InChI=1S/C31H21BrS/c32-27-16-14-26(15-17-27)25-12-10-24(11-13-25)23-8-5-21(6-9-23)19-22-7-18-29-28-3-1-2-4-30(28)33-31(29)20-22/h1-18,20H,19H2. The summed E-state index contributed by atoms with van der Waals surface area (Å²) >= 11 is 5.39. The highest BCUT2D eigenvalue weighted by Crippen LogP contribution is 2.34. The van der Waals surface area contributed by atoms with Gasteiger partial charge < -0.3 is 0 Å². The molecule has 1 heterocycles. The molecule has 0 aliphatic carbocycles. The summed E-state index contributed by atoms with van der Waals surface area (Å²) in [5.74, 6) is 0. The van der Waals surface area contributed by atoms with Gasteiger partial charge in [-0.25, -0.2) is 0 Å². The summed E-state index contributed by atoms with van der Waals surface area (Å²) in [6, 6.07) is 41.9. The fourth-order valence-corrected chi connectivity index (χ4v) is 5.86. The number of rotatable bonds is 4. The predicted molar refractivity (Wildman–Crippen MR) is 147 cm³/mol. The van der Waals surface area contributed by atoms with Gasteiger partial charge in [-0.05, 0) is 64.1 Å². The SMILES string of the molecule is Brc1ccc(-c2ccc(-c3ccc(Cc4ccc5c(c4)sc4ccccc45)cc3)cc2)cc1. The van der Waals surface area contributed by atoms with E-state index in [9.17, 15) is 0 Å². The first-order chi connectivity index (χ1) is 16.2. The molecule has 0 saturated heterocycles. The lowest BCUT2D eigenvalue weighted by molar-refractivity contribution is 1.20. The van der Waals surface area contributed by atoms with E-state index in [1.165, 1.54) is 53.6 Å². The highest BCUT2D eigenvalue weighted by Gasteiger charge is 2.06. The molecule has 6 rings (SSSR count). The van der Waals surface area contributed by atoms with Gasteiger partial charge in [-0.2, -0.15) is 0 Å². The number of fused-ring (bicyclic) bond motifs is 3. The fourth-order valence-electron chi connectivity index (χ4n) is 4.43. The minimum atomic E-state index is 0.951. The largest absolute Gasteiger partial charge is 0.135 e. The van der Waals surface area contributed by atoms with Gasteiger partial charge in [0.1, 0.15) is 0 Å². The summed E-state index contributed by atoms with van der Waals surface area (Å²) in [6.07, 6.45) is 0.951. The molecule has 0 amide bonds. The second-order valence-electron chi connectivity index (χ2n) is 8.39. The van der Waals surface area contributed by atoms with Gasteiger partial charge in [0.15, 0.2) is 0 Å². The molecule has 0 bridgehead atoms. The van der Waals surface area contributed by atoms with Gasteiger partial charge in [0.2, 0.25) is 0 Å². The smallest absolute Gasteiger partial charge is 0.0358 e. The molecular formula is C31H21BrS. The van der Waals surface area contributed by atoms with Gasteiger partial charge in [0.05, 0.1) is 0 Å². The summed E-state index contributed by atoms with van der Waals surface area (Å²) in [5.41, 5.74) is 7.66. The second kappa shape index (κ2) is 8.62. The predicted octanol–water partition coefficient (Wildman–Crippen LogP) is 9.74. The van der Waals surface area contributed by atoms with Crippen LogP contribution in [-0.2, 0) is 6.42 Å². The van der Waals surface area contributed by atoms with Crippen molar-refractivity contribution in [1.82, 2.24) is 0 Å². The molecule has 0 atom stereocenters. The van der Waals surface area contributed by atoms with Crippen LogP contribution in [0.15, 0.2) is 120 Å². The second-order valence-corrected chi connectivity index (χ2v) is 10.4. The average Bonchev–Trinajstić information content (AvgIpc) is 3.23. The van der Waals surface area contributed by atoms with Crippen LogP contribution < -0.4 is 0 Å². The third kappa shape index (κ3) is 4.13. The zero-order valence-electron chi connectivity index (χ0n) is 18.0. The minimum Gasteiger partial charge on any atom is -0.135 e. The number of hydrogen-bond donors (Lipinski definition) is 0. The molecule has 0 fully saturated rings. The van der Waals surface area contributed by atoms with E-state index in [4.69, 9.17) is 0 Å². The third-order valence-corrected chi connectivity index (χ3v) is 7.86. The van der Waals surface area contributed by atoms with E-state index in [1.807, 2.05) is 11.3 Å². The van der Waals surface area contributed by atoms with Crippen molar-refractivity contribution in [2.45, 2.75) is 6.42 Å². The highest BCUT2D eigenvalue weighted by molar-refractivity contribution is 9.10. The maximum absolute atomic E-state index is 3.50. The Labute approximate surface area is 206 Å². The van der Waals surface area contributed by atoms with Crippen molar-refractivity contribution in [2.24, 2.45) is 0 Å². The van der Waals surface area contributed by atoms with Crippen molar-refractivity contribution in [1.29, 1.82) is 0 Å². The van der Waals surface area contributed by atoms with Crippen molar-refractivity contribution in [3.05, 3.63) is 131 Å². The Balaban J connectivity index is 1.21. The number of hydrogen-bond acceptors (Lipinski definition) is 1. The first-order valence-corrected chi connectivity index (χ1v) is 12.7. The van der Waals surface area contributed by atoms with E-state index >= 15 is 0 Å². The zero-order valence-corrected chi connectivity index (χ0v) is 20.4. The lowest BCUT2D eigenvalue weighted by Crippen LogP contribution is -1.88. The molecule has 1 aromatic heterocycles. The van der Waals surface area contributed by atoms with Crippen LogP contribution in [0.5, 0.6) is 0 Å². The summed E-state index contributed by atoms with van der Waals surface area (Å²) in [7, 11) is 0. The molecule has 5 aromatic carbocycles. The van der Waals surface area contributed by atoms with Crippen LogP contribution >= 0.6 is 27.3 Å². The molecule has 0 N–H and O–H groups in total. The van der Waals surface area contributed by atoms with E-state index in [0.717, 1.165) is 10.9 Å². The maximum atomic E-state index is 3.50. The van der Waals surface area contributed by atoms with Gasteiger partial charge in [-0.3, -0.25) is 0 Å².